The van der Waals surface area contributed by atoms with Crippen molar-refractivity contribution < 1.29 is 14.7 Å². The molecular formula is C29H32ClN5O3. The average Bonchev–Trinajstić information content (AvgIpc) is 3.45. The van der Waals surface area contributed by atoms with Crippen LogP contribution >= 0.6 is 11.6 Å². The van der Waals surface area contributed by atoms with E-state index < -0.39 is 6.04 Å². The van der Waals surface area contributed by atoms with Gasteiger partial charge in [0.25, 0.3) is 0 Å². The standard InChI is InChI=1S/C29H32ClN5O3/c1-20(36)23-10-7-22(8-11-23)17-28(37)26(14-9-21-5-3-2-4-6-21)32-29(38)16-12-24-18-25(30)13-15-27(24)35-19-31-33-34-35/h7-8,10-13,15-16,18-19,21,26,36H,1-6,9,14,17H2,(H,32,38)/b16-12+/t26-/m0/s1. The number of rotatable bonds is 11. The van der Waals surface area contributed by atoms with Gasteiger partial charge in [-0.2, -0.15) is 4.68 Å². The zero-order valence-corrected chi connectivity index (χ0v) is 22.0. The Morgan fingerprint density at radius 1 is 1.16 bits per heavy atom. The van der Waals surface area contributed by atoms with Crippen molar-refractivity contribution in [2.75, 3.05) is 0 Å². The van der Waals surface area contributed by atoms with Gasteiger partial charge in [0.05, 0.1) is 11.7 Å². The SMILES string of the molecule is C=C(O)c1ccc(CC(=O)[C@H](CCC2CCCCC2)NC(=O)/C=C/c2cc(Cl)ccc2-n2cnnn2)cc1. The van der Waals surface area contributed by atoms with Crippen LogP contribution in [-0.2, 0) is 16.0 Å². The zero-order valence-electron chi connectivity index (χ0n) is 21.2. The van der Waals surface area contributed by atoms with Crippen molar-refractivity contribution in [3.63, 3.8) is 0 Å². The van der Waals surface area contributed by atoms with E-state index >= 15 is 0 Å². The molecule has 2 N–H and O–H groups in total. The molecule has 1 aromatic heterocycles. The Kier molecular flexibility index (Phi) is 9.43. The lowest BCUT2D eigenvalue weighted by atomic mass is 9.84. The molecule has 198 valence electrons. The predicted octanol–water partition coefficient (Wildman–Crippen LogP) is 5.51. The van der Waals surface area contributed by atoms with Crippen LogP contribution in [0.25, 0.3) is 17.5 Å². The van der Waals surface area contributed by atoms with Crippen LogP contribution in [0.5, 0.6) is 0 Å². The third-order valence-corrected chi connectivity index (χ3v) is 7.19. The average molecular weight is 534 g/mol. The lowest BCUT2D eigenvalue weighted by molar-refractivity contribution is -0.125. The van der Waals surface area contributed by atoms with Crippen molar-refractivity contribution in [3.05, 3.63) is 83.2 Å². The molecule has 0 unspecified atom stereocenters. The van der Waals surface area contributed by atoms with Gasteiger partial charge >= 0.3 is 0 Å². The highest BCUT2D eigenvalue weighted by molar-refractivity contribution is 6.30. The van der Waals surface area contributed by atoms with E-state index in [0.29, 0.717) is 34.2 Å². The highest BCUT2D eigenvalue weighted by Crippen LogP contribution is 2.28. The lowest BCUT2D eigenvalue weighted by Gasteiger charge is -2.24. The third-order valence-electron chi connectivity index (χ3n) is 6.96. The summed E-state index contributed by atoms with van der Waals surface area (Å²) >= 11 is 6.18. The monoisotopic (exact) mass is 533 g/mol. The molecule has 1 aliphatic carbocycles. The Morgan fingerprint density at radius 3 is 2.61 bits per heavy atom. The second kappa shape index (κ2) is 13.1. The van der Waals surface area contributed by atoms with Crippen molar-refractivity contribution in [3.8, 4) is 5.69 Å². The smallest absolute Gasteiger partial charge is 0.244 e. The van der Waals surface area contributed by atoms with Crippen LogP contribution < -0.4 is 5.32 Å². The quantitative estimate of drug-likeness (QED) is 0.248. The first-order valence-corrected chi connectivity index (χ1v) is 13.3. The molecule has 1 atom stereocenters. The predicted molar refractivity (Wildman–Crippen MR) is 148 cm³/mol. The van der Waals surface area contributed by atoms with E-state index in [-0.39, 0.29) is 23.9 Å². The van der Waals surface area contributed by atoms with Crippen LogP contribution in [0.15, 0.2) is 61.4 Å². The van der Waals surface area contributed by atoms with E-state index in [1.165, 1.54) is 49.2 Å². The summed E-state index contributed by atoms with van der Waals surface area (Å²) in [4.78, 5) is 26.3. The number of nitrogens with zero attached hydrogens (tertiary/aromatic N) is 4. The summed E-state index contributed by atoms with van der Waals surface area (Å²) in [5.74, 6) is 0.165. The Labute approximate surface area is 227 Å². The van der Waals surface area contributed by atoms with Crippen molar-refractivity contribution in [1.29, 1.82) is 0 Å². The Hall–Kier alpha value is -3.78. The van der Waals surface area contributed by atoms with E-state index in [4.69, 9.17) is 11.6 Å². The molecule has 0 saturated heterocycles. The molecule has 0 aliphatic heterocycles. The molecule has 0 bridgehead atoms. The number of hydrogen-bond acceptors (Lipinski definition) is 6. The van der Waals surface area contributed by atoms with Crippen molar-refractivity contribution >= 4 is 35.1 Å². The molecule has 8 nitrogen and oxygen atoms in total. The second-order valence-corrected chi connectivity index (χ2v) is 10.2. The van der Waals surface area contributed by atoms with Gasteiger partial charge in [-0.3, -0.25) is 9.59 Å². The molecule has 1 amide bonds. The highest BCUT2D eigenvalue weighted by Gasteiger charge is 2.23. The number of halogens is 1. The summed E-state index contributed by atoms with van der Waals surface area (Å²) in [5, 5.41) is 24.3. The molecule has 3 aromatic rings. The number of nitrogens with one attached hydrogen (secondary N) is 1. The van der Waals surface area contributed by atoms with Gasteiger partial charge in [-0.05, 0) is 59.0 Å². The van der Waals surface area contributed by atoms with E-state index in [1.54, 1.807) is 48.5 Å². The number of carbonyl (C=O) groups excluding carboxylic acids is 2. The van der Waals surface area contributed by atoms with Gasteiger partial charge in [0.2, 0.25) is 5.91 Å². The van der Waals surface area contributed by atoms with Crippen LogP contribution in [0, 0.1) is 5.92 Å². The minimum atomic E-state index is -0.597. The van der Waals surface area contributed by atoms with E-state index in [2.05, 4.69) is 27.4 Å². The van der Waals surface area contributed by atoms with Gasteiger partial charge < -0.3 is 10.4 Å². The maximum atomic E-state index is 13.3. The van der Waals surface area contributed by atoms with Crippen LogP contribution in [0.3, 0.4) is 0 Å². The molecule has 1 heterocycles. The molecule has 9 heteroatoms. The normalized spacial score (nSPS) is 14.9. The van der Waals surface area contributed by atoms with Crippen LogP contribution in [-0.4, -0.2) is 43.0 Å². The Bertz CT molecular complexity index is 1280. The van der Waals surface area contributed by atoms with Crippen molar-refractivity contribution in [2.45, 2.75) is 57.4 Å². The minimum absolute atomic E-state index is 0.0183. The minimum Gasteiger partial charge on any atom is -0.508 e. The molecule has 1 saturated carbocycles. The molecule has 1 fully saturated rings. The lowest BCUT2D eigenvalue weighted by Crippen LogP contribution is -2.41. The summed E-state index contributed by atoms with van der Waals surface area (Å²) in [6.07, 6.45) is 12.3. The number of hydrogen-bond donors (Lipinski definition) is 2. The van der Waals surface area contributed by atoms with Gasteiger partial charge in [-0.15, -0.1) is 5.10 Å². The first kappa shape index (κ1) is 27.3. The summed E-state index contributed by atoms with van der Waals surface area (Å²) in [6, 6.07) is 11.7. The number of amides is 1. The summed E-state index contributed by atoms with van der Waals surface area (Å²) in [6.45, 7) is 3.53. The Balaban J connectivity index is 1.46. The fourth-order valence-corrected chi connectivity index (χ4v) is 5.04. The number of Topliss-reactive ketones (excluding diaryl/α,β-unsaturated/α-hetero) is 1. The van der Waals surface area contributed by atoms with Gasteiger partial charge in [-0.1, -0.05) is 74.5 Å². The van der Waals surface area contributed by atoms with Crippen LogP contribution in [0.1, 0.15) is 61.6 Å². The number of ketones is 1. The number of aliphatic hydroxyl groups is 1. The van der Waals surface area contributed by atoms with E-state index in [1.807, 2.05) is 0 Å². The van der Waals surface area contributed by atoms with Crippen molar-refractivity contribution in [1.82, 2.24) is 25.5 Å². The topological polar surface area (TPSA) is 110 Å². The highest BCUT2D eigenvalue weighted by atomic mass is 35.5. The molecule has 0 spiro atoms. The summed E-state index contributed by atoms with van der Waals surface area (Å²) < 4.78 is 1.49. The summed E-state index contributed by atoms with van der Waals surface area (Å²) in [7, 11) is 0. The van der Waals surface area contributed by atoms with Crippen LogP contribution in [0.4, 0.5) is 0 Å². The molecule has 38 heavy (non-hydrogen) atoms. The largest absolute Gasteiger partial charge is 0.508 e. The molecule has 4 rings (SSSR count). The van der Waals surface area contributed by atoms with Gasteiger partial charge in [0.1, 0.15) is 12.1 Å². The van der Waals surface area contributed by atoms with Gasteiger partial charge in [0, 0.05) is 28.6 Å². The number of tetrazole rings is 1. The van der Waals surface area contributed by atoms with E-state index in [9.17, 15) is 14.7 Å². The number of aliphatic hydroxyl groups excluding tert-OH is 1. The second-order valence-electron chi connectivity index (χ2n) is 9.72. The number of carbonyl (C=O) groups is 2. The fraction of sp³-hybridized carbons (Fsp3) is 0.345. The first-order valence-electron chi connectivity index (χ1n) is 12.9. The molecular weight excluding hydrogens is 502 g/mol. The first-order chi connectivity index (χ1) is 18.4. The maximum absolute atomic E-state index is 13.3. The molecule has 2 aromatic carbocycles. The van der Waals surface area contributed by atoms with Crippen molar-refractivity contribution in [2.24, 2.45) is 5.92 Å². The zero-order chi connectivity index (χ0) is 26.9. The number of benzene rings is 2. The van der Waals surface area contributed by atoms with Gasteiger partial charge in [0.15, 0.2) is 5.78 Å². The summed E-state index contributed by atoms with van der Waals surface area (Å²) in [5.41, 5.74) is 2.76. The molecule has 0 radical (unpaired) electrons. The third kappa shape index (κ3) is 7.61. The van der Waals surface area contributed by atoms with E-state index in [0.717, 1.165) is 12.0 Å². The fourth-order valence-electron chi connectivity index (χ4n) is 4.86. The maximum Gasteiger partial charge on any atom is 0.244 e. The molecule has 1 aliphatic rings. The van der Waals surface area contributed by atoms with Crippen LogP contribution in [0.2, 0.25) is 5.02 Å². The number of aromatic nitrogens is 4. The Morgan fingerprint density at radius 2 is 1.92 bits per heavy atom. The van der Waals surface area contributed by atoms with Gasteiger partial charge in [-0.25, -0.2) is 0 Å².